The first-order chi connectivity index (χ1) is 13.4. The second-order valence-corrected chi connectivity index (χ2v) is 5.67. The number of carbonyl (C=O) groups is 1. The number of rotatable bonds is 6. The van der Waals surface area contributed by atoms with Gasteiger partial charge < -0.3 is 24.7 Å². The lowest BCUT2D eigenvalue weighted by molar-refractivity contribution is -0.384. The number of nitrogens with zero attached hydrogens (tertiary/aromatic N) is 3. The highest BCUT2D eigenvalue weighted by Gasteiger charge is 2.29. The van der Waals surface area contributed by atoms with Gasteiger partial charge in [0.15, 0.2) is 12.5 Å². The number of nitrogens with two attached hydrogens (primary N) is 1. The Balaban J connectivity index is 1.42. The molecule has 2 heterocycles. The molecule has 0 bridgehead atoms. The molecule has 12 heteroatoms. The van der Waals surface area contributed by atoms with Gasteiger partial charge in [-0.1, -0.05) is 0 Å². The van der Waals surface area contributed by atoms with E-state index < -0.39 is 29.3 Å². The fourth-order valence-electron chi connectivity index (χ4n) is 2.36. The molecule has 2 atom stereocenters. The number of benzene rings is 1. The van der Waals surface area contributed by atoms with Crippen LogP contribution >= 0.6 is 0 Å². The van der Waals surface area contributed by atoms with Gasteiger partial charge in [0.25, 0.3) is 5.69 Å². The van der Waals surface area contributed by atoms with E-state index >= 15 is 0 Å². The van der Waals surface area contributed by atoms with E-state index in [1.54, 1.807) is 0 Å². The number of ether oxygens (including phenoxy) is 4. The maximum Gasteiger partial charge on any atom is 0.508 e. The molecule has 2 unspecified atom stereocenters. The van der Waals surface area contributed by atoms with Crippen molar-refractivity contribution in [3.8, 4) is 0 Å². The molecular formula is C16H16N4O8. The Kier molecular flexibility index (Phi) is 5.81. The first kappa shape index (κ1) is 19.3. The highest BCUT2D eigenvalue weighted by atomic mass is 16.8. The molecule has 2 aromatic rings. The Hall–Kier alpha value is -3.51. The number of nitrogen functional groups attached to an aromatic ring is 1. The van der Waals surface area contributed by atoms with Crippen LogP contribution in [0.4, 0.5) is 16.3 Å². The lowest BCUT2D eigenvalue weighted by Gasteiger charge is -2.13. The summed E-state index contributed by atoms with van der Waals surface area (Å²) in [7, 11) is 0. The molecule has 148 valence electrons. The molecule has 12 nitrogen and oxygen atoms in total. The minimum Gasteiger partial charge on any atom is -0.429 e. The fraction of sp³-hybridized carbons (Fsp3) is 0.312. The summed E-state index contributed by atoms with van der Waals surface area (Å²) in [5.74, 6) is 0.0933. The minimum absolute atomic E-state index is 0.0631. The first-order valence-electron chi connectivity index (χ1n) is 8.07. The zero-order chi connectivity index (χ0) is 20.1. The summed E-state index contributed by atoms with van der Waals surface area (Å²) in [6.45, 7) is -0.289. The highest BCUT2D eigenvalue weighted by molar-refractivity contribution is 5.59. The standard InChI is InChI=1S/C16H16N4O8/c17-12-5-6-19(15(21)18-12)13-8-25-14(28-13)9-27-16(22)26-7-10-1-3-11(4-2-10)20(23)24/h1-6,13-14H,7-9H2,(H2,17,18,21). The van der Waals surface area contributed by atoms with Crippen molar-refractivity contribution in [2.45, 2.75) is 19.1 Å². The van der Waals surface area contributed by atoms with Crippen molar-refractivity contribution in [2.75, 3.05) is 18.9 Å². The SMILES string of the molecule is Nc1ccn(C2COC(COC(=O)OCc3ccc([N+](=O)[O-])cc3)O2)c(=O)n1. The second-order valence-electron chi connectivity index (χ2n) is 5.67. The van der Waals surface area contributed by atoms with Gasteiger partial charge >= 0.3 is 11.8 Å². The molecule has 0 spiro atoms. The molecule has 0 radical (unpaired) electrons. The average molecular weight is 392 g/mol. The Morgan fingerprint density at radius 1 is 1.32 bits per heavy atom. The van der Waals surface area contributed by atoms with Crippen LogP contribution in [-0.2, 0) is 25.6 Å². The number of anilines is 1. The number of nitro groups is 1. The number of aromatic nitrogens is 2. The molecule has 1 saturated heterocycles. The van der Waals surface area contributed by atoms with Crippen molar-refractivity contribution in [2.24, 2.45) is 0 Å². The van der Waals surface area contributed by atoms with Gasteiger partial charge in [-0.3, -0.25) is 14.7 Å². The highest BCUT2D eigenvalue weighted by Crippen LogP contribution is 2.20. The smallest absolute Gasteiger partial charge is 0.429 e. The predicted octanol–water partition coefficient (Wildman–Crippen LogP) is 0.959. The number of hydrogen-bond donors (Lipinski definition) is 1. The van der Waals surface area contributed by atoms with Crippen LogP contribution in [0.15, 0.2) is 41.3 Å². The Bertz CT molecular complexity index is 914. The van der Waals surface area contributed by atoms with E-state index in [4.69, 9.17) is 24.7 Å². The number of carbonyl (C=O) groups excluding carboxylic acids is 1. The first-order valence-corrected chi connectivity index (χ1v) is 8.07. The lowest BCUT2D eigenvalue weighted by atomic mass is 10.2. The van der Waals surface area contributed by atoms with Gasteiger partial charge in [0.2, 0.25) is 0 Å². The summed E-state index contributed by atoms with van der Waals surface area (Å²) in [5, 5.41) is 10.6. The summed E-state index contributed by atoms with van der Waals surface area (Å²) >= 11 is 0. The summed E-state index contributed by atoms with van der Waals surface area (Å²) in [6.07, 6.45) is -1.12. The zero-order valence-electron chi connectivity index (χ0n) is 14.4. The molecule has 0 aliphatic carbocycles. The van der Waals surface area contributed by atoms with Gasteiger partial charge in [-0.05, 0) is 23.8 Å². The molecular weight excluding hydrogens is 376 g/mol. The van der Waals surface area contributed by atoms with Crippen molar-refractivity contribution in [1.29, 1.82) is 0 Å². The van der Waals surface area contributed by atoms with E-state index in [1.165, 1.54) is 41.1 Å². The van der Waals surface area contributed by atoms with E-state index in [2.05, 4.69) is 4.98 Å². The van der Waals surface area contributed by atoms with Crippen LogP contribution in [0.1, 0.15) is 11.8 Å². The lowest BCUT2D eigenvalue weighted by Crippen LogP contribution is -2.29. The number of nitro benzene ring substituents is 1. The van der Waals surface area contributed by atoms with Gasteiger partial charge in [-0.2, -0.15) is 4.98 Å². The van der Waals surface area contributed by atoms with Crippen molar-refractivity contribution in [1.82, 2.24) is 9.55 Å². The number of non-ortho nitro benzene ring substituents is 1. The van der Waals surface area contributed by atoms with Gasteiger partial charge in [0, 0.05) is 18.3 Å². The van der Waals surface area contributed by atoms with Gasteiger partial charge in [0.05, 0.1) is 11.5 Å². The Morgan fingerprint density at radius 2 is 2.07 bits per heavy atom. The maximum absolute atomic E-state index is 11.8. The molecule has 3 rings (SSSR count). The van der Waals surface area contributed by atoms with Gasteiger partial charge in [-0.25, -0.2) is 9.59 Å². The minimum atomic E-state index is -0.958. The summed E-state index contributed by atoms with van der Waals surface area (Å²) < 4.78 is 21.8. The van der Waals surface area contributed by atoms with Crippen LogP contribution in [0.5, 0.6) is 0 Å². The van der Waals surface area contributed by atoms with Crippen molar-refractivity contribution in [3.63, 3.8) is 0 Å². The predicted molar refractivity (Wildman–Crippen MR) is 92.0 cm³/mol. The van der Waals surface area contributed by atoms with Crippen LogP contribution in [0, 0.1) is 10.1 Å². The number of hydrogen-bond acceptors (Lipinski definition) is 10. The zero-order valence-corrected chi connectivity index (χ0v) is 14.4. The third-order valence-corrected chi connectivity index (χ3v) is 3.74. The van der Waals surface area contributed by atoms with Crippen molar-refractivity contribution in [3.05, 3.63) is 62.7 Å². The quantitative estimate of drug-likeness (QED) is 0.426. The molecule has 0 saturated carbocycles. The average Bonchev–Trinajstić information content (AvgIpc) is 3.13. The van der Waals surface area contributed by atoms with Crippen LogP contribution in [0.25, 0.3) is 0 Å². The third-order valence-electron chi connectivity index (χ3n) is 3.74. The second kappa shape index (κ2) is 8.45. The van der Waals surface area contributed by atoms with E-state index in [9.17, 15) is 19.7 Å². The Morgan fingerprint density at radius 3 is 2.75 bits per heavy atom. The fourth-order valence-corrected chi connectivity index (χ4v) is 2.36. The maximum atomic E-state index is 11.8. The Labute approximate surface area is 157 Å². The molecule has 1 aliphatic rings. The largest absolute Gasteiger partial charge is 0.508 e. The van der Waals surface area contributed by atoms with E-state index in [0.29, 0.717) is 5.56 Å². The summed E-state index contributed by atoms with van der Waals surface area (Å²) in [6, 6.07) is 7.00. The molecule has 2 N–H and O–H groups in total. The molecule has 1 aromatic heterocycles. The van der Waals surface area contributed by atoms with Crippen LogP contribution < -0.4 is 11.4 Å². The topological polar surface area (TPSA) is 158 Å². The van der Waals surface area contributed by atoms with Crippen LogP contribution in [0.3, 0.4) is 0 Å². The molecule has 1 fully saturated rings. The molecule has 1 aromatic carbocycles. The molecule has 28 heavy (non-hydrogen) atoms. The third kappa shape index (κ3) is 4.81. The van der Waals surface area contributed by atoms with Crippen molar-refractivity contribution < 1.29 is 28.7 Å². The van der Waals surface area contributed by atoms with E-state index in [-0.39, 0.29) is 31.3 Å². The molecule has 0 amide bonds. The van der Waals surface area contributed by atoms with Crippen LogP contribution in [-0.4, -0.2) is 40.1 Å². The van der Waals surface area contributed by atoms with Gasteiger partial charge in [-0.15, -0.1) is 0 Å². The van der Waals surface area contributed by atoms with E-state index in [1.807, 2.05) is 0 Å². The van der Waals surface area contributed by atoms with Crippen LogP contribution in [0.2, 0.25) is 0 Å². The van der Waals surface area contributed by atoms with E-state index in [0.717, 1.165) is 0 Å². The van der Waals surface area contributed by atoms with Gasteiger partial charge in [0.1, 0.15) is 19.0 Å². The normalized spacial score (nSPS) is 18.6. The summed E-state index contributed by atoms with van der Waals surface area (Å²) in [4.78, 5) is 37.1. The molecule has 1 aliphatic heterocycles. The monoisotopic (exact) mass is 392 g/mol. The van der Waals surface area contributed by atoms with Crippen molar-refractivity contribution >= 4 is 17.7 Å². The summed E-state index contributed by atoms with van der Waals surface area (Å²) in [5.41, 5.74) is 5.34.